The van der Waals surface area contributed by atoms with Gasteiger partial charge in [0.05, 0.1) is 27.7 Å². The molecule has 2 atom stereocenters. The molecule has 9 nitrogen and oxygen atoms in total. The number of nitrogens with zero attached hydrogens (tertiary/aromatic N) is 1. The third-order valence-corrected chi connectivity index (χ3v) is 8.87. The highest BCUT2D eigenvalue weighted by Gasteiger charge is 2.27. The summed E-state index contributed by atoms with van der Waals surface area (Å²) in [6.45, 7) is 4.39. The van der Waals surface area contributed by atoms with Crippen LogP contribution in [0.1, 0.15) is 162 Å². The van der Waals surface area contributed by atoms with Crippen molar-refractivity contribution in [2.45, 2.75) is 168 Å². The SMILES string of the molecule is CCCCCCCCCCCCCC(=O)OCC(COP(=O)(O)OCC[N+](C)(C)C)OC(=O)CCCCCCCCCCCC. The molecule has 2 unspecified atom stereocenters. The van der Waals surface area contributed by atoms with Crippen molar-refractivity contribution in [3.63, 3.8) is 0 Å². The Balaban J connectivity index is 4.45. The summed E-state index contributed by atoms with van der Waals surface area (Å²) in [5, 5.41) is 0. The quantitative estimate of drug-likeness (QED) is 0.0320. The van der Waals surface area contributed by atoms with Gasteiger partial charge in [0.2, 0.25) is 0 Å². The van der Waals surface area contributed by atoms with E-state index in [2.05, 4.69) is 13.8 Å². The van der Waals surface area contributed by atoms with E-state index in [0.717, 1.165) is 32.1 Å². The van der Waals surface area contributed by atoms with Gasteiger partial charge < -0.3 is 18.9 Å². The summed E-state index contributed by atoms with van der Waals surface area (Å²) in [4.78, 5) is 35.0. The summed E-state index contributed by atoms with van der Waals surface area (Å²) in [7, 11) is 1.49. The molecule has 0 aliphatic carbocycles. The van der Waals surface area contributed by atoms with Crippen molar-refractivity contribution in [1.29, 1.82) is 0 Å². The third-order valence-electron chi connectivity index (χ3n) is 7.89. The van der Waals surface area contributed by atoms with Crippen molar-refractivity contribution in [2.24, 2.45) is 0 Å². The smallest absolute Gasteiger partial charge is 0.462 e. The number of rotatable bonds is 33. The third kappa shape index (κ3) is 32.7. The molecule has 1 N–H and O–H groups in total. The van der Waals surface area contributed by atoms with Gasteiger partial charge in [-0.25, -0.2) is 4.57 Å². The molecule has 0 fully saturated rings. The topological polar surface area (TPSA) is 108 Å². The van der Waals surface area contributed by atoms with Crippen molar-refractivity contribution >= 4 is 19.8 Å². The largest absolute Gasteiger partial charge is 0.472 e. The predicted molar refractivity (Wildman–Crippen MR) is 183 cm³/mol. The van der Waals surface area contributed by atoms with E-state index >= 15 is 0 Å². The van der Waals surface area contributed by atoms with Gasteiger partial charge in [0.25, 0.3) is 0 Å². The molecule has 0 aromatic rings. The minimum atomic E-state index is -4.35. The number of phosphoric acid groups is 1. The highest BCUT2D eigenvalue weighted by Crippen LogP contribution is 2.43. The Hall–Kier alpha value is -0.990. The maximum Gasteiger partial charge on any atom is 0.472 e. The number of hydrogen-bond acceptors (Lipinski definition) is 7. The molecule has 0 rings (SSSR count). The molecule has 0 radical (unpaired) electrons. The van der Waals surface area contributed by atoms with Gasteiger partial charge in [0.1, 0.15) is 19.8 Å². The summed E-state index contributed by atoms with van der Waals surface area (Å²) in [5.74, 6) is -0.795. The van der Waals surface area contributed by atoms with Crippen LogP contribution in [0.2, 0.25) is 0 Å². The predicted octanol–water partition coefficient (Wildman–Crippen LogP) is 9.29. The maximum atomic E-state index is 12.5. The van der Waals surface area contributed by atoms with Gasteiger partial charge in [-0.1, -0.05) is 136 Å². The molecule has 0 aromatic carbocycles. The van der Waals surface area contributed by atoms with Crippen molar-refractivity contribution in [3.05, 3.63) is 0 Å². The molecule has 0 saturated carbocycles. The molecule has 10 heteroatoms. The molecule has 268 valence electrons. The van der Waals surface area contributed by atoms with Crippen LogP contribution in [0, 0.1) is 0 Å². The Morgan fingerprint density at radius 2 is 1.00 bits per heavy atom. The van der Waals surface area contributed by atoms with Crippen molar-refractivity contribution in [2.75, 3.05) is 47.5 Å². The van der Waals surface area contributed by atoms with E-state index < -0.39 is 26.5 Å². The molecular weight excluding hydrogens is 593 g/mol. The lowest BCUT2D eigenvalue weighted by Gasteiger charge is -2.24. The number of carbonyl (C=O) groups is 2. The average molecular weight is 665 g/mol. The van der Waals surface area contributed by atoms with Gasteiger partial charge in [-0.15, -0.1) is 0 Å². The second-order valence-electron chi connectivity index (χ2n) is 13.6. The first-order valence-electron chi connectivity index (χ1n) is 18.3. The lowest BCUT2D eigenvalue weighted by molar-refractivity contribution is -0.870. The van der Waals surface area contributed by atoms with Crippen LogP contribution in [-0.4, -0.2) is 74.9 Å². The van der Waals surface area contributed by atoms with Crippen molar-refractivity contribution < 1.29 is 42.1 Å². The summed E-state index contributed by atoms with van der Waals surface area (Å²) in [5.41, 5.74) is 0. The van der Waals surface area contributed by atoms with Crippen LogP contribution in [0.3, 0.4) is 0 Å². The molecule has 0 amide bonds. The van der Waals surface area contributed by atoms with Crippen LogP contribution in [0.4, 0.5) is 0 Å². The van der Waals surface area contributed by atoms with E-state index in [9.17, 15) is 19.0 Å². The number of likely N-dealkylation sites (N-methyl/N-ethyl adjacent to an activating group) is 1. The molecule has 0 spiro atoms. The van der Waals surface area contributed by atoms with Gasteiger partial charge >= 0.3 is 19.8 Å². The van der Waals surface area contributed by atoms with E-state index in [4.69, 9.17) is 18.5 Å². The zero-order valence-electron chi connectivity index (χ0n) is 29.9. The number of phosphoric ester groups is 1. The van der Waals surface area contributed by atoms with Crippen LogP contribution in [0.15, 0.2) is 0 Å². The first-order valence-corrected chi connectivity index (χ1v) is 19.8. The number of quaternary nitrogens is 1. The van der Waals surface area contributed by atoms with Gasteiger partial charge in [0.15, 0.2) is 6.10 Å². The van der Waals surface area contributed by atoms with Crippen molar-refractivity contribution in [1.82, 2.24) is 0 Å². The number of carbonyl (C=O) groups excluding carboxylic acids is 2. The highest BCUT2D eigenvalue weighted by atomic mass is 31.2. The maximum absolute atomic E-state index is 12.5. The Bertz CT molecular complexity index is 758. The number of ether oxygens (including phenoxy) is 2. The molecule has 0 heterocycles. The Morgan fingerprint density at radius 3 is 1.42 bits per heavy atom. The Morgan fingerprint density at radius 1 is 0.600 bits per heavy atom. The average Bonchev–Trinajstić information content (AvgIpc) is 2.97. The zero-order chi connectivity index (χ0) is 33.7. The number of unbranched alkanes of at least 4 members (excludes halogenated alkanes) is 19. The molecular formula is C35H71NO8P+. The minimum Gasteiger partial charge on any atom is -0.462 e. The lowest BCUT2D eigenvalue weighted by Crippen LogP contribution is -2.37. The van der Waals surface area contributed by atoms with Crippen molar-refractivity contribution in [3.8, 4) is 0 Å². The van der Waals surface area contributed by atoms with E-state index in [1.54, 1.807) is 0 Å². The molecule has 0 bridgehead atoms. The van der Waals surface area contributed by atoms with Gasteiger partial charge in [0, 0.05) is 12.8 Å². The monoisotopic (exact) mass is 664 g/mol. The van der Waals surface area contributed by atoms with Crippen LogP contribution in [0.25, 0.3) is 0 Å². The Kier molecular flexibility index (Phi) is 28.5. The highest BCUT2D eigenvalue weighted by molar-refractivity contribution is 7.47. The normalized spacial score (nSPS) is 13.8. The molecule has 0 aliphatic rings. The molecule has 45 heavy (non-hydrogen) atoms. The van der Waals surface area contributed by atoms with E-state index in [1.165, 1.54) is 96.3 Å². The van der Waals surface area contributed by atoms with E-state index in [0.29, 0.717) is 23.9 Å². The second-order valence-corrected chi connectivity index (χ2v) is 15.1. The fraction of sp³-hybridized carbons (Fsp3) is 0.943. The van der Waals surface area contributed by atoms with Crippen LogP contribution < -0.4 is 0 Å². The summed E-state index contributed by atoms with van der Waals surface area (Å²) in [6, 6.07) is 0. The van der Waals surface area contributed by atoms with Gasteiger partial charge in [-0.2, -0.15) is 0 Å². The van der Waals surface area contributed by atoms with Crippen LogP contribution in [0.5, 0.6) is 0 Å². The van der Waals surface area contributed by atoms with E-state index in [-0.39, 0.29) is 25.6 Å². The molecule has 0 saturated heterocycles. The van der Waals surface area contributed by atoms with Crippen LogP contribution >= 0.6 is 7.82 Å². The van der Waals surface area contributed by atoms with Gasteiger partial charge in [-0.3, -0.25) is 18.6 Å². The Labute approximate surface area is 276 Å². The second kappa shape index (κ2) is 29.2. The van der Waals surface area contributed by atoms with Crippen LogP contribution in [-0.2, 0) is 32.7 Å². The minimum absolute atomic E-state index is 0.0361. The number of esters is 2. The first-order chi connectivity index (χ1) is 21.5. The zero-order valence-corrected chi connectivity index (χ0v) is 30.8. The standard InChI is InChI=1S/C35H70NO8P/c1-6-8-10-12-14-16-18-20-21-23-25-27-34(37)41-31-33(32-43-45(39,40)42-30-29-36(3,4)5)44-35(38)28-26-24-22-19-17-15-13-11-9-7-2/h33H,6-32H2,1-5H3/p+1. The first kappa shape index (κ1) is 44.0. The fourth-order valence-electron chi connectivity index (χ4n) is 4.95. The summed E-state index contributed by atoms with van der Waals surface area (Å²) in [6.07, 6.45) is 24.3. The lowest BCUT2D eigenvalue weighted by atomic mass is 10.1. The number of hydrogen-bond donors (Lipinski definition) is 1. The molecule has 0 aliphatic heterocycles. The van der Waals surface area contributed by atoms with Gasteiger partial charge in [-0.05, 0) is 12.8 Å². The summed E-state index contributed by atoms with van der Waals surface area (Å²) >= 11 is 0. The molecule has 0 aromatic heterocycles. The van der Waals surface area contributed by atoms with E-state index in [1.807, 2.05) is 21.1 Å². The summed E-state index contributed by atoms with van der Waals surface area (Å²) < 4.78 is 34.0. The fourth-order valence-corrected chi connectivity index (χ4v) is 5.70.